The number of alkyl halides is 2. The zero-order chi connectivity index (χ0) is 7.98. The Morgan fingerprint density at radius 2 is 2.30 bits per heavy atom. The number of esters is 1. The lowest BCUT2D eigenvalue weighted by molar-refractivity contribution is -0.143. The first-order chi connectivity index (χ1) is 4.70. The lowest BCUT2D eigenvalue weighted by Crippen LogP contribution is -2.14. The molecule has 4 heteroatoms. The van der Waals surface area contributed by atoms with Crippen LogP contribution in [-0.4, -0.2) is 23.8 Å². The van der Waals surface area contributed by atoms with Crippen molar-refractivity contribution >= 4 is 29.2 Å². The normalized spacial score (nSPS) is 12.7. The molecule has 10 heavy (non-hydrogen) atoms. The smallest absolute Gasteiger partial charge is 0.305 e. The van der Waals surface area contributed by atoms with Crippen LogP contribution in [0.2, 0.25) is 0 Å². The third-order valence-corrected chi connectivity index (χ3v) is 1.69. The highest BCUT2D eigenvalue weighted by molar-refractivity contribution is 6.28. The van der Waals surface area contributed by atoms with Crippen LogP contribution >= 0.6 is 23.2 Å². The quantitative estimate of drug-likeness (QED) is 0.493. The molecule has 0 heterocycles. The maximum atomic E-state index is 10.5. The van der Waals surface area contributed by atoms with Gasteiger partial charge in [0.1, 0.15) is 6.61 Å². The summed E-state index contributed by atoms with van der Waals surface area (Å²) in [6.07, 6.45) is 0.381. The molecule has 0 aliphatic rings. The molecule has 60 valence electrons. The van der Waals surface area contributed by atoms with Gasteiger partial charge in [-0.15, -0.1) is 23.2 Å². The van der Waals surface area contributed by atoms with Gasteiger partial charge >= 0.3 is 5.97 Å². The van der Waals surface area contributed by atoms with E-state index in [9.17, 15) is 4.79 Å². The van der Waals surface area contributed by atoms with Gasteiger partial charge in [-0.05, 0) is 0 Å². The molecule has 0 rings (SSSR count). The van der Waals surface area contributed by atoms with Crippen molar-refractivity contribution in [2.75, 3.05) is 12.5 Å². The van der Waals surface area contributed by atoms with Gasteiger partial charge in [-0.2, -0.15) is 0 Å². The Balaban J connectivity index is 3.26. The fraction of sp³-hybridized carbons (Fsp3) is 0.833. The number of halogens is 2. The molecule has 0 aliphatic heterocycles. The number of carbonyl (C=O) groups is 1. The van der Waals surface area contributed by atoms with E-state index in [1.807, 2.05) is 0 Å². The summed E-state index contributed by atoms with van der Waals surface area (Å²) >= 11 is 10.9. The highest BCUT2D eigenvalue weighted by Crippen LogP contribution is 1.99. The molecule has 2 nitrogen and oxygen atoms in total. The molecule has 0 aromatic carbocycles. The monoisotopic (exact) mass is 184 g/mol. The summed E-state index contributed by atoms with van der Waals surface area (Å²) in [5, 5.41) is -0.267. The molecule has 0 N–H and O–H groups in total. The Labute approximate surface area is 70.4 Å². The summed E-state index contributed by atoms with van der Waals surface area (Å²) in [6.45, 7) is 1.93. The lowest BCUT2D eigenvalue weighted by atomic mass is 10.5. The third-order valence-electron chi connectivity index (χ3n) is 0.881. The number of ether oxygens (including phenoxy) is 1. The zero-order valence-electron chi connectivity index (χ0n) is 5.77. The van der Waals surface area contributed by atoms with E-state index in [0.717, 1.165) is 0 Å². The minimum absolute atomic E-state index is 0.206. The maximum Gasteiger partial charge on any atom is 0.305 e. The predicted octanol–water partition coefficient (Wildman–Crippen LogP) is 1.79. The average Bonchev–Trinajstić information content (AvgIpc) is 1.99. The van der Waals surface area contributed by atoms with Crippen molar-refractivity contribution in [2.45, 2.75) is 18.7 Å². The van der Waals surface area contributed by atoms with Crippen molar-refractivity contribution in [1.29, 1.82) is 0 Å². The molecular weight excluding hydrogens is 175 g/mol. The molecule has 0 amide bonds. The van der Waals surface area contributed by atoms with Gasteiger partial charge in [-0.3, -0.25) is 4.79 Å². The lowest BCUT2D eigenvalue weighted by Gasteiger charge is -2.05. The van der Waals surface area contributed by atoms with Crippen LogP contribution in [0.5, 0.6) is 0 Å². The fourth-order valence-electron chi connectivity index (χ4n) is 0.330. The van der Waals surface area contributed by atoms with E-state index in [1.165, 1.54) is 0 Å². The van der Waals surface area contributed by atoms with Gasteiger partial charge in [-0.1, -0.05) is 6.92 Å². The van der Waals surface area contributed by atoms with Crippen LogP contribution < -0.4 is 0 Å². The fourth-order valence-corrected chi connectivity index (χ4v) is 0.482. The van der Waals surface area contributed by atoms with Gasteiger partial charge in [0.25, 0.3) is 0 Å². The highest BCUT2D eigenvalue weighted by Gasteiger charge is 2.05. The second-order valence-electron chi connectivity index (χ2n) is 1.79. The molecule has 0 saturated carbocycles. The van der Waals surface area contributed by atoms with Gasteiger partial charge in [0.15, 0.2) is 0 Å². The number of carbonyl (C=O) groups excluding carboxylic acids is 1. The summed E-state index contributed by atoms with van der Waals surface area (Å²) in [6, 6.07) is 0. The van der Waals surface area contributed by atoms with Crippen LogP contribution in [0.4, 0.5) is 0 Å². The second kappa shape index (κ2) is 5.81. The van der Waals surface area contributed by atoms with E-state index in [-0.39, 0.29) is 18.0 Å². The van der Waals surface area contributed by atoms with E-state index < -0.39 is 0 Å². The van der Waals surface area contributed by atoms with E-state index >= 15 is 0 Å². The predicted molar refractivity (Wildman–Crippen MR) is 41.6 cm³/mol. The summed E-state index contributed by atoms with van der Waals surface area (Å²) in [4.78, 5) is 10.5. The molecule has 0 aliphatic carbocycles. The molecule has 0 fully saturated rings. The van der Waals surface area contributed by atoms with Crippen molar-refractivity contribution in [3.8, 4) is 0 Å². The van der Waals surface area contributed by atoms with Crippen molar-refractivity contribution in [2.24, 2.45) is 0 Å². The Morgan fingerprint density at radius 3 is 2.70 bits per heavy atom. The number of hydrogen-bond acceptors (Lipinski definition) is 2. The zero-order valence-corrected chi connectivity index (χ0v) is 7.28. The van der Waals surface area contributed by atoms with Crippen molar-refractivity contribution in [3.63, 3.8) is 0 Å². The van der Waals surface area contributed by atoms with Crippen LogP contribution in [0.25, 0.3) is 0 Å². The van der Waals surface area contributed by atoms with Gasteiger partial charge in [0, 0.05) is 12.3 Å². The SMILES string of the molecule is CCC(=O)OCC(Cl)CCl. The largest absolute Gasteiger partial charge is 0.464 e. The first-order valence-electron chi connectivity index (χ1n) is 3.06. The Bertz CT molecular complexity index is 106. The second-order valence-corrected chi connectivity index (χ2v) is 2.71. The van der Waals surface area contributed by atoms with E-state index in [1.54, 1.807) is 6.92 Å². The highest BCUT2D eigenvalue weighted by atomic mass is 35.5. The van der Waals surface area contributed by atoms with E-state index in [0.29, 0.717) is 12.3 Å². The molecule has 0 radical (unpaired) electrons. The molecule has 0 aromatic rings. The third kappa shape index (κ3) is 4.89. The number of rotatable bonds is 4. The first-order valence-corrected chi connectivity index (χ1v) is 4.03. The first kappa shape index (κ1) is 10.0. The average molecular weight is 185 g/mol. The van der Waals surface area contributed by atoms with Crippen LogP contribution in [0.3, 0.4) is 0 Å². The Hall–Kier alpha value is 0.0500. The molecule has 0 saturated heterocycles. The van der Waals surface area contributed by atoms with Gasteiger partial charge in [-0.25, -0.2) is 0 Å². The van der Waals surface area contributed by atoms with Crippen molar-refractivity contribution in [1.82, 2.24) is 0 Å². The van der Waals surface area contributed by atoms with Gasteiger partial charge in [0.05, 0.1) is 5.38 Å². The van der Waals surface area contributed by atoms with E-state index in [4.69, 9.17) is 23.2 Å². The Morgan fingerprint density at radius 1 is 1.70 bits per heavy atom. The van der Waals surface area contributed by atoms with Crippen LogP contribution in [0, 0.1) is 0 Å². The molecule has 0 bridgehead atoms. The number of hydrogen-bond donors (Lipinski definition) is 0. The van der Waals surface area contributed by atoms with Crippen LogP contribution in [-0.2, 0) is 9.53 Å². The van der Waals surface area contributed by atoms with Crippen LogP contribution in [0.15, 0.2) is 0 Å². The topological polar surface area (TPSA) is 26.3 Å². The standard InChI is InChI=1S/C6H10Cl2O2/c1-2-6(9)10-4-5(8)3-7/h5H,2-4H2,1H3. The maximum absolute atomic E-state index is 10.5. The summed E-state index contributed by atoms with van der Waals surface area (Å²) in [5.41, 5.74) is 0. The Kier molecular flexibility index (Phi) is 5.84. The van der Waals surface area contributed by atoms with E-state index in [2.05, 4.69) is 4.74 Å². The minimum atomic E-state index is -0.267. The van der Waals surface area contributed by atoms with Gasteiger partial charge in [0.2, 0.25) is 0 Å². The van der Waals surface area contributed by atoms with Gasteiger partial charge < -0.3 is 4.74 Å². The van der Waals surface area contributed by atoms with Crippen LogP contribution in [0.1, 0.15) is 13.3 Å². The molecular formula is C6H10Cl2O2. The van der Waals surface area contributed by atoms with Crippen molar-refractivity contribution in [3.05, 3.63) is 0 Å². The summed E-state index contributed by atoms with van der Waals surface area (Å²) < 4.78 is 4.69. The summed E-state index contributed by atoms with van der Waals surface area (Å²) in [7, 11) is 0. The van der Waals surface area contributed by atoms with Crippen molar-refractivity contribution < 1.29 is 9.53 Å². The molecule has 0 aromatic heterocycles. The minimum Gasteiger partial charge on any atom is -0.464 e. The summed E-state index contributed by atoms with van der Waals surface area (Å²) in [5.74, 6) is 0.0641. The molecule has 0 spiro atoms. The molecule has 1 unspecified atom stereocenters. The molecule has 1 atom stereocenters.